The number of benzene rings is 2. The van der Waals surface area contributed by atoms with Crippen molar-refractivity contribution in [2.75, 3.05) is 26.8 Å². The molecule has 172 valence electrons. The van der Waals surface area contributed by atoms with E-state index in [4.69, 9.17) is 19.3 Å². The Morgan fingerprint density at radius 1 is 1.06 bits per heavy atom. The number of hydrogen-bond donors (Lipinski definition) is 1. The summed E-state index contributed by atoms with van der Waals surface area (Å²) in [7, 11) is 1.61. The Morgan fingerprint density at radius 2 is 1.68 bits per heavy atom. The molecule has 1 saturated heterocycles. The molecule has 1 unspecified atom stereocenters. The Hall–Kier alpha value is -2.73. The number of aliphatic hydroxyl groups excluding tert-OH is 1. The summed E-state index contributed by atoms with van der Waals surface area (Å²) in [5, 5.41) is 9.03. The van der Waals surface area contributed by atoms with Crippen LogP contribution >= 0.6 is 0 Å². The van der Waals surface area contributed by atoms with Gasteiger partial charge in [-0.15, -0.1) is 0 Å². The van der Waals surface area contributed by atoms with E-state index in [0.717, 1.165) is 12.0 Å². The summed E-state index contributed by atoms with van der Waals surface area (Å²) in [6.07, 6.45) is 1.97. The Labute approximate surface area is 186 Å². The highest BCUT2D eigenvalue weighted by Gasteiger charge is 2.28. The van der Waals surface area contributed by atoms with Crippen molar-refractivity contribution in [3.63, 3.8) is 0 Å². The van der Waals surface area contributed by atoms with E-state index in [2.05, 4.69) is 13.8 Å². The van der Waals surface area contributed by atoms with Gasteiger partial charge in [0.2, 0.25) is 0 Å². The predicted octanol–water partition coefficient (Wildman–Crippen LogP) is 4.69. The number of methoxy groups -OCH3 is 1. The summed E-state index contributed by atoms with van der Waals surface area (Å²) in [5.41, 5.74) is 0.805. The molecule has 0 radical (unpaired) electrons. The maximum absolute atomic E-state index is 12.3. The summed E-state index contributed by atoms with van der Waals surface area (Å²) < 4.78 is 16.8. The fraction of sp³-hybridized carbons (Fsp3) is 0.480. The summed E-state index contributed by atoms with van der Waals surface area (Å²) >= 11 is 0. The van der Waals surface area contributed by atoms with Gasteiger partial charge < -0.3 is 24.2 Å². The fourth-order valence-electron chi connectivity index (χ4n) is 2.87. The highest BCUT2D eigenvalue weighted by molar-refractivity contribution is 5.78. The van der Waals surface area contributed by atoms with Gasteiger partial charge in [0.1, 0.15) is 11.9 Å². The largest absolute Gasteiger partial charge is 0.493 e. The fourth-order valence-corrected chi connectivity index (χ4v) is 2.87. The molecule has 2 aromatic rings. The molecule has 1 amide bonds. The van der Waals surface area contributed by atoms with Crippen molar-refractivity contribution in [1.82, 2.24) is 4.90 Å². The van der Waals surface area contributed by atoms with E-state index in [1.54, 1.807) is 36.3 Å². The molecule has 1 N–H and O–H groups in total. The molecular formula is C25H37NO5. The van der Waals surface area contributed by atoms with Crippen molar-refractivity contribution in [1.29, 1.82) is 0 Å². The minimum atomic E-state index is -0.0673. The smallest absolute Gasteiger partial charge is 0.260 e. The summed E-state index contributed by atoms with van der Waals surface area (Å²) in [5.74, 6) is 1.92. The van der Waals surface area contributed by atoms with Gasteiger partial charge in [-0.05, 0) is 29.8 Å². The number of carbonyl (C=O) groups excluding carboxylic acids is 1. The van der Waals surface area contributed by atoms with Gasteiger partial charge in [0.15, 0.2) is 18.1 Å². The van der Waals surface area contributed by atoms with E-state index in [-0.39, 0.29) is 25.2 Å². The van der Waals surface area contributed by atoms with Crippen molar-refractivity contribution in [3.05, 3.63) is 54.1 Å². The van der Waals surface area contributed by atoms with Gasteiger partial charge >= 0.3 is 0 Å². The van der Waals surface area contributed by atoms with Gasteiger partial charge in [0.25, 0.3) is 5.91 Å². The van der Waals surface area contributed by atoms with E-state index in [0.29, 0.717) is 30.3 Å². The van der Waals surface area contributed by atoms with Crippen molar-refractivity contribution in [3.8, 4) is 17.2 Å². The molecule has 31 heavy (non-hydrogen) atoms. The highest BCUT2D eigenvalue weighted by Crippen LogP contribution is 2.28. The van der Waals surface area contributed by atoms with Crippen LogP contribution in [-0.2, 0) is 11.4 Å². The topological polar surface area (TPSA) is 68.2 Å². The van der Waals surface area contributed by atoms with Gasteiger partial charge in [-0.1, -0.05) is 58.4 Å². The first-order chi connectivity index (χ1) is 15.1. The van der Waals surface area contributed by atoms with Crippen LogP contribution in [-0.4, -0.2) is 48.8 Å². The van der Waals surface area contributed by atoms with Crippen LogP contribution in [0.25, 0.3) is 0 Å². The molecule has 1 aliphatic heterocycles. The summed E-state index contributed by atoms with van der Waals surface area (Å²) in [6.45, 7) is 9.40. The first kappa shape index (κ1) is 26.3. The number of amides is 1. The minimum Gasteiger partial charge on any atom is -0.493 e. The number of hydrogen-bond acceptors (Lipinski definition) is 5. The quantitative estimate of drug-likeness (QED) is 0.689. The molecule has 6 nitrogen and oxygen atoms in total. The van der Waals surface area contributed by atoms with Crippen molar-refractivity contribution in [2.45, 2.75) is 53.2 Å². The van der Waals surface area contributed by atoms with Gasteiger partial charge in [-0.25, -0.2) is 0 Å². The van der Waals surface area contributed by atoms with Gasteiger partial charge in [-0.2, -0.15) is 0 Å². The number of carbonyl (C=O) groups is 1. The molecule has 1 heterocycles. The second-order valence-electron chi connectivity index (χ2n) is 6.82. The van der Waals surface area contributed by atoms with Crippen LogP contribution in [0.15, 0.2) is 48.5 Å². The number of likely N-dealkylation sites (tertiary alicyclic amines) is 1. The van der Waals surface area contributed by atoms with E-state index >= 15 is 0 Å². The maximum atomic E-state index is 12.3. The average Bonchev–Trinajstić information content (AvgIpc) is 3.28. The van der Waals surface area contributed by atoms with E-state index in [9.17, 15) is 4.79 Å². The summed E-state index contributed by atoms with van der Waals surface area (Å²) in [4.78, 5) is 14.1. The standard InChI is InChI=1S/C20H23NO5.C3H8.C2H6/c1-24-18-4-2-3-5-19(18)26-17-10-11-21(12-17)20(23)14-25-16-8-6-15(13-22)7-9-16;1-3-2;1-2/h2-9,17,22H,10-14H2,1H3;3H2,1-2H3;1-2H3. The zero-order valence-electron chi connectivity index (χ0n) is 19.5. The molecule has 6 heteroatoms. The average molecular weight is 432 g/mol. The third-order valence-corrected chi connectivity index (χ3v) is 4.33. The molecule has 0 spiro atoms. The van der Waals surface area contributed by atoms with Crippen molar-refractivity contribution < 1.29 is 24.1 Å². The molecule has 0 aromatic heterocycles. The lowest BCUT2D eigenvalue weighted by Crippen LogP contribution is -2.34. The van der Waals surface area contributed by atoms with Crippen LogP contribution in [0.5, 0.6) is 17.2 Å². The molecule has 1 fully saturated rings. The minimum absolute atomic E-state index is 0.0133. The van der Waals surface area contributed by atoms with Gasteiger partial charge in [0, 0.05) is 13.0 Å². The first-order valence-electron chi connectivity index (χ1n) is 11.0. The Morgan fingerprint density at radius 3 is 2.26 bits per heavy atom. The van der Waals surface area contributed by atoms with E-state index in [1.807, 2.05) is 38.1 Å². The molecule has 0 saturated carbocycles. The number of para-hydroxylation sites is 2. The van der Waals surface area contributed by atoms with Crippen LogP contribution < -0.4 is 14.2 Å². The number of aliphatic hydroxyl groups is 1. The normalized spacial score (nSPS) is 14.5. The Bertz CT molecular complexity index is 748. The molecule has 1 atom stereocenters. The maximum Gasteiger partial charge on any atom is 0.260 e. The second kappa shape index (κ2) is 15.1. The molecule has 3 rings (SSSR count). The lowest BCUT2D eigenvalue weighted by Gasteiger charge is -2.18. The molecule has 0 aliphatic carbocycles. The molecular weight excluding hydrogens is 394 g/mol. The van der Waals surface area contributed by atoms with Crippen LogP contribution in [0.4, 0.5) is 0 Å². The molecule has 1 aliphatic rings. The lowest BCUT2D eigenvalue weighted by atomic mass is 10.2. The van der Waals surface area contributed by atoms with Crippen LogP contribution in [0, 0.1) is 0 Å². The van der Waals surface area contributed by atoms with Crippen LogP contribution in [0.3, 0.4) is 0 Å². The third-order valence-electron chi connectivity index (χ3n) is 4.33. The first-order valence-corrected chi connectivity index (χ1v) is 11.0. The third kappa shape index (κ3) is 8.89. The Balaban J connectivity index is 0.000000884. The van der Waals surface area contributed by atoms with E-state index < -0.39 is 0 Å². The zero-order valence-corrected chi connectivity index (χ0v) is 19.5. The second-order valence-corrected chi connectivity index (χ2v) is 6.82. The molecule has 0 bridgehead atoms. The lowest BCUT2D eigenvalue weighted by molar-refractivity contribution is -0.132. The number of rotatable bonds is 7. The number of ether oxygens (including phenoxy) is 3. The predicted molar refractivity (Wildman–Crippen MR) is 124 cm³/mol. The van der Waals surface area contributed by atoms with Crippen molar-refractivity contribution >= 4 is 5.91 Å². The van der Waals surface area contributed by atoms with Crippen LogP contribution in [0.2, 0.25) is 0 Å². The summed E-state index contributed by atoms with van der Waals surface area (Å²) in [6, 6.07) is 14.5. The molecule has 2 aromatic carbocycles. The zero-order chi connectivity index (χ0) is 23.1. The number of nitrogens with zero attached hydrogens (tertiary/aromatic N) is 1. The SMILES string of the molecule is CC.CCC.COc1ccccc1OC1CCN(C(=O)COc2ccc(CO)cc2)C1. The monoisotopic (exact) mass is 431 g/mol. The van der Waals surface area contributed by atoms with Gasteiger partial charge in [0.05, 0.1) is 20.3 Å². The Kier molecular flexibility index (Phi) is 12.8. The highest BCUT2D eigenvalue weighted by atomic mass is 16.5. The van der Waals surface area contributed by atoms with Crippen molar-refractivity contribution in [2.24, 2.45) is 0 Å². The van der Waals surface area contributed by atoms with E-state index in [1.165, 1.54) is 6.42 Å². The van der Waals surface area contributed by atoms with Crippen LogP contribution in [0.1, 0.15) is 46.1 Å². The van der Waals surface area contributed by atoms with Gasteiger partial charge in [-0.3, -0.25) is 4.79 Å².